The number of carbonyl (C=O) groups is 1. The van der Waals surface area contributed by atoms with Gasteiger partial charge < -0.3 is 20.1 Å². The van der Waals surface area contributed by atoms with Crippen LogP contribution in [0, 0.1) is 5.92 Å². The summed E-state index contributed by atoms with van der Waals surface area (Å²) in [6, 6.07) is 17.9. The summed E-state index contributed by atoms with van der Waals surface area (Å²) in [6.45, 7) is 0.474. The first kappa shape index (κ1) is 22.7. The number of methoxy groups -OCH3 is 1. The number of carboxylic acid groups (broad SMARTS) is 1. The lowest BCUT2D eigenvalue weighted by molar-refractivity contribution is 0.198. The van der Waals surface area contributed by atoms with Crippen LogP contribution in [0.25, 0.3) is 10.9 Å². The summed E-state index contributed by atoms with van der Waals surface area (Å²) in [4.78, 5) is 20.3. The number of anilines is 3. The molecule has 174 valence electrons. The number of rotatable bonds is 7. The Hall–Kier alpha value is -3.48. The maximum atomic E-state index is 12.0. The molecule has 0 unspecified atom stereocenters. The molecule has 0 radical (unpaired) electrons. The van der Waals surface area contributed by atoms with Crippen molar-refractivity contribution >= 4 is 34.2 Å². The number of benzene rings is 2. The number of hydrogen-bond donors (Lipinski definition) is 2. The third-order valence-electron chi connectivity index (χ3n) is 6.42. The largest absolute Gasteiger partial charge is 0.495 e. The van der Waals surface area contributed by atoms with Crippen molar-refractivity contribution in [1.29, 1.82) is 0 Å². The molecule has 2 aromatic carbocycles. The van der Waals surface area contributed by atoms with Crippen LogP contribution in [0.1, 0.15) is 25.7 Å². The van der Waals surface area contributed by atoms with E-state index in [2.05, 4.69) is 22.3 Å². The van der Waals surface area contributed by atoms with Crippen LogP contribution < -0.4 is 19.9 Å². The number of para-hydroxylation sites is 3. The quantitative estimate of drug-likeness (QED) is 0.499. The summed E-state index contributed by atoms with van der Waals surface area (Å²) in [6.07, 6.45) is 2.94. The van der Waals surface area contributed by atoms with Gasteiger partial charge in [0.1, 0.15) is 11.6 Å². The highest BCUT2D eigenvalue weighted by Gasteiger charge is 2.27. The van der Waals surface area contributed by atoms with E-state index in [-0.39, 0.29) is 0 Å². The zero-order valence-electron chi connectivity index (χ0n) is 19.5. The van der Waals surface area contributed by atoms with Crippen LogP contribution in [0.3, 0.4) is 0 Å². The fraction of sp³-hybridized carbons (Fsp3) is 0.385. The van der Waals surface area contributed by atoms with E-state index < -0.39 is 6.09 Å². The highest BCUT2D eigenvalue weighted by Crippen LogP contribution is 2.33. The molecule has 2 N–H and O–H groups in total. The average molecular weight is 449 g/mol. The van der Waals surface area contributed by atoms with Crippen molar-refractivity contribution in [2.45, 2.75) is 31.7 Å². The van der Waals surface area contributed by atoms with Crippen LogP contribution in [0.5, 0.6) is 5.75 Å². The molecule has 1 amide bonds. The van der Waals surface area contributed by atoms with Crippen LogP contribution in [0.15, 0.2) is 54.6 Å². The minimum absolute atomic E-state index is 0.311. The second-order valence-electron chi connectivity index (χ2n) is 8.87. The van der Waals surface area contributed by atoms with Gasteiger partial charge in [-0.05, 0) is 49.8 Å². The number of pyridine rings is 1. The fourth-order valence-corrected chi connectivity index (χ4v) is 4.69. The molecule has 1 aromatic heterocycles. The summed E-state index contributed by atoms with van der Waals surface area (Å²) < 4.78 is 5.38. The van der Waals surface area contributed by atoms with E-state index >= 15 is 0 Å². The number of fused-ring (bicyclic) bond motifs is 1. The van der Waals surface area contributed by atoms with Crippen molar-refractivity contribution in [2.75, 3.05) is 42.9 Å². The van der Waals surface area contributed by atoms with Gasteiger partial charge in [0.15, 0.2) is 0 Å². The van der Waals surface area contributed by atoms with E-state index in [1.54, 1.807) is 19.2 Å². The minimum Gasteiger partial charge on any atom is -0.495 e. The Labute approximate surface area is 195 Å². The van der Waals surface area contributed by atoms with Crippen molar-refractivity contribution in [3.63, 3.8) is 0 Å². The number of hydrogen-bond acceptors (Lipinski definition) is 5. The van der Waals surface area contributed by atoms with Gasteiger partial charge in [0.2, 0.25) is 0 Å². The number of nitrogens with one attached hydrogen (secondary N) is 1. The molecule has 0 atom stereocenters. The van der Waals surface area contributed by atoms with Gasteiger partial charge in [-0.25, -0.2) is 9.78 Å². The maximum absolute atomic E-state index is 12.0. The monoisotopic (exact) mass is 448 g/mol. The molecule has 1 aliphatic rings. The molecule has 1 heterocycles. The molecule has 1 aliphatic carbocycles. The third kappa shape index (κ3) is 5.13. The van der Waals surface area contributed by atoms with Crippen molar-refractivity contribution in [3.8, 4) is 5.75 Å². The van der Waals surface area contributed by atoms with Crippen molar-refractivity contribution < 1.29 is 14.6 Å². The molecular formula is C26H32N4O3. The van der Waals surface area contributed by atoms with Crippen LogP contribution in [0.4, 0.5) is 22.0 Å². The summed E-state index contributed by atoms with van der Waals surface area (Å²) in [5.74, 6) is 1.78. The van der Waals surface area contributed by atoms with Gasteiger partial charge in [0, 0.05) is 43.8 Å². The van der Waals surface area contributed by atoms with Gasteiger partial charge in [-0.2, -0.15) is 0 Å². The SMILES string of the molecule is COc1ccccc1N(C[C@H]1CC[C@@H](Nc2cc(N(C)C)c3ccccc3n2)CC1)C(=O)O. The van der Waals surface area contributed by atoms with E-state index in [9.17, 15) is 9.90 Å². The number of aromatic nitrogens is 1. The minimum atomic E-state index is -0.948. The Morgan fingerprint density at radius 2 is 1.76 bits per heavy atom. The fourth-order valence-electron chi connectivity index (χ4n) is 4.69. The zero-order chi connectivity index (χ0) is 23.4. The second-order valence-corrected chi connectivity index (χ2v) is 8.87. The predicted molar refractivity (Wildman–Crippen MR) is 134 cm³/mol. The number of nitrogens with zero attached hydrogens (tertiary/aromatic N) is 3. The molecule has 0 spiro atoms. The van der Waals surface area contributed by atoms with E-state index in [4.69, 9.17) is 9.72 Å². The first-order valence-corrected chi connectivity index (χ1v) is 11.4. The Morgan fingerprint density at radius 1 is 1.06 bits per heavy atom. The first-order valence-electron chi connectivity index (χ1n) is 11.4. The van der Waals surface area contributed by atoms with Crippen molar-refractivity contribution in [3.05, 3.63) is 54.6 Å². The lowest BCUT2D eigenvalue weighted by Gasteiger charge is -2.33. The molecule has 3 aromatic rings. The van der Waals surface area contributed by atoms with Gasteiger partial charge in [-0.3, -0.25) is 4.90 Å². The molecule has 1 saturated carbocycles. The molecule has 0 saturated heterocycles. The third-order valence-corrected chi connectivity index (χ3v) is 6.42. The first-order chi connectivity index (χ1) is 16.0. The van der Waals surface area contributed by atoms with E-state index in [0.29, 0.717) is 29.9 Å². The molecule has 0 aliphatic heterocycles. The van der Waals surface area contributed by atoms with Crippen LogP contribution in [-0.2, 0) is 0 Å². The Morgan fingerprint density at radius 3 is 2.45 bits per heavy atom. The Balaban J connectivity index is 1.41. The van der Waals surface area contributed by atoms with Crippen molar-refractivity contribution in [1.82, 2.24) is 4.98 Å². The predicted octanol–water partition coefficient (Wildman–Crippen LogP) is 5.46. The topological polar surface area (TPSA) is 77.9 Å². The number of amides is 1. The van der Waals surface area contributed by atoms with E-state index in [1.807, 2.05) is 44.4 Å². The summed E-state index contributed by atoms with van der Waals surface area (Å²) >= 11 is 0. The average Bonchev–Trinajstić information content (AvgIpc) is 2.82. The van der Waals surface area contributed by atoms with Crippen LogP contribution >= 0.6 is 0 Å². The Bertz CT molecular complexity index is 1110. The molecular weight excluding hydrogens is 416 g/mol. The van der Waals surface area contributed by atoms with E-state index in [1.165, 1.54) is 4.90 Å². The Kier molecular flexibility index (Phi) is 6.87. The van der Waals surface area contributed by atoms with Crippen molar-refractivity contribution in [2.24, 2.45) is 5.92 Å². The van der Waals surface area contributed by atoms with Gasteiger partial charge >= 0.3 is 6.09 Å². The zero-order valence-corrected chi connectivity index (χ0v) is 19.5. The molecule has 7 nitrogen and oxygen atoms in total. The molecule has 0 bridgehead atoms. The van der Waals surface area contributed by atoms with Gasteiger partial charge in [0.25, 0.3) is 0 Å². The highest BCUT2D eigenvalue weighted by atomic mass is 16.5. The van der Waals surface area contributed by atoms with Gasteiger partial charge in [-0.1, -0.05) is 30.3 Å². The highest BCUT2D eigenvalue weighted by molar-refractivity contribution is 5.93. The lowest BCUT2D eigenvalue weighted by Crippen LogP contribution is -2.37. The van der Waals surface area contributed by atoms with E-state index in [0.717, 1.165) is 48.1 Å². The standard InChI is InChI=1S/C26H32N4O3/c1-29(2)23-16-25(28-21-9-5-4-8-20(21)23)27-19-14-12-18(13-15-19)17-30(26(31)32)22-10-6-7-11-24(22)33-3/h4-11,16,18-19H,12-15,17H2,1-3H3,(H,27,28)(H,31,32)/t18-,19+. The maximum Gasteiger partial charge on any atom is 0.411 e. The number of ether oxygens (including phenoxy) is 1. The molecule has 1 fully saturated rings. The second kappa shape index (κ2) is 9.98. The molecule has 4 rings (SSSR count). The van der Waals surface area contributed by atoms with Gasteiger partial charge in [0.05, 0.1) is 18.3 Å². The molecule has 33 heavy (non-hydrogen) atoms. The summed E-state index contributed by atoms with van der Waals surface area (Å²) in [7, 11) is 5.66. The molecule has 7 heteroatoms. The normalized spacial score (nSPS) is 18.0. The summed E-state index contributed by atoms with van der Waals surface area (Å²) in [5, 5.41) is 14.6. The smallest absolute Gasteiger partial charge is 0.411 e. The van der Waals surface area contributed by atoms with Crippen LogP contribution in [-0.4, -0.2) is 50.0 Å². The summed E-state index contributed by atoms with van der Waals surface area (Å²) in [5.41, 5.74) is 2.73. The van der Waals surface area contributed by atoms with Gasteiger partial charge in [-0.15, -0.1) is 0 Å². The lowest BCUT2D eigenvalue weighted by atomic mass is 9.85. The van der Waals surface area contributed by atoms with Crippen LogP contribution in [0.2, 0.25) is 0 Å².